The van der Waals surface area contributed by atoms with Crippen LogP contribution in [0, 0.1) is 0 Å². The fraction of sp³-hybridized carbons (Fsp3) is 0.143. The van der Waals surface area contributed by atoms with Gasteiger partial charge in [0.05, 0.1) is 4.90 Å². The first-order valence-corrected chi connectivity index (χ1v) is 9.40. The Balaban J connectivity index is 2.11. The van der Waals surface area contributed by atoms with E-state index >= 15 is 0 Å². The monoisotopic (exact) mass is 371 g/mol. The molecule has 6 heteroatoms. The molecule has 0 atom stereocenters. The molecule has 0 unspecified atom stereocenters. The largest absolute Gasteiger partial charge is 0.241 e. The van der Waals surface area contributed by atoms with Crippen molar-refractivity contribution in [1.82, 2.24) is 4.72 Å². The molecule has 2 aromatic carbocycles. The Hall–Kier alpha value is -0.820. The average Bonchev–Trinajstić information content (AvgIpc) is 2.46. The summed E-state index contributed by atoms with van der Waals surface area (Å²) in [5.41, 5.74) is 0.929. The molecule has 106 valence electrons. The van der Waals surface area contributed by atoms with Gasteiger partial charge in [0.2, 0.25) is 10.0 Å². The lowest BCUT2D eigenvalue weighted by Crippen LogP contribution is -2.23. The van der Waals surface area contributed by atoms with E-state index in [1.807, 2.05) is 30.5 Å². The van der Waals surface area contributed by atoms with Crippen molar-refractivity contribution >= 4 is 37.7 Å². The molecule has 0 saturated heterocycles. The standard InChI is InChI=1S/C14H14BrNO2S2/c1-19-12-8-6-11(7-9-12)10-16-20(17,18)14-5-3-2-4-13(14)15/h2-9,16H,10H2,1H3. The van der Waals surface area contributed by atoms with Crippen LogP contribution in [0.15, 0.2) is 62.8 Å². The molecule has 2 aromatic rings. The summed E-state index contributed by atoms with van der Waals surface area (Å²) in [6.45, 7) is 0.276. The number of sulfonamides is 1. The summed E-state index contributed by atoms with van der Waals surface area (Å²) < 4.78 is 27.6. The van der Waals surface area contributed by atoms with Crippen LogP contribution >= 0.6 is 27.7 Å². The van der Waals surface area contributed by atoms with Gasteiger partial charge in [0, 0.05) is 15.9 Å². The predicted molar refractivity (Wildman–Crippen MR) is 86.4 cm³/mol. The van der Waals surface area contributed by atoms with Crippen molar-refractivity contribution in [3.8, 4) is 0 Å². The Morgan fingerprint density at radius 2 is 1.75 bits per heavy atom. The van der Waals surface area contributed by atoms with E-state index in [1.54, 1.807) is 36.0 Å². The SMILES string of the molecule is CSc1ccc(CNS(=O)(=O)c2ccccc2Br)cc1. The molecule has 0 radical (unpaired) electrons. The fourth-order valence-electron chi connectivity index (χ4n) is 1.66. The highest BCUT2D eigenvalue weighted by molar-refractivity contribution is 9.10. The number of rotatable bonds is 5. The Labute approximate surface area is 132 Å². The minimum Gasteiger partial charge on any atom is -0.207 e. The molecular formula is C14H14BrNO2S2. The molecule has 0 heterocycles. The van der Waals surface area contributed by atoms with Gasteiger partial charge in [-0.15, -0.1) is 11.8 Å². The van der Waals surface area contributed by atoms with E-state index in [4.69, 9.17) is 0 Å². The molecule has 0 fully saturated rings. The number of halogens is 1. The summed E-state index contributed by atoms with van der Waals surface area (Å²) in [4.78, 5) is 1.41. The third-order valence-corrected chi connectivity index (χ3v) is 5.91. The second-order valence-corrected chi connectivity index (χ2v) is 7.57. The van der Waals surface area contributed by atoms with E-state index in [2.05, 4.69) is 20.7 Å². The maximum atomic E-state index is 12.2. The van der Waals surface area contributed by atoms with Crippen LogP contribution < -0.4 is 4.72 Å². The second-order valence-electron chi connectivity index (χ2n) is 4.10. The predicted octanol–water partition coefficient (Wildman–Crippen LogP) is 3.65. The summed E-state index contributed by atoms with van der Waals surface area (Å²) in [5, 5.41) is 0. The summed E-state index contributed by atoms with van der Waals surface area (Å²) >= 11 is 4.91. The van der Waals surface area contributed by atoms with E-state index in [-0.39, 0.29) is 11.4 Å². The van der Waals surface area contributed by atoms with E-state index in [0.717, 1.165) is 10.5 Å². The van der Waals surface area contributed by atoms with Gasteiger partial charge in [-0.1, -0.05) is 24.3 Å². The molecule has 0 aliphatic heterocycles. The first kappa shape index (κ1) is 15.6. The van der Waals surface area contributed by atoms with E-state index in [0.29, 0.717) is 4.47 Å². The van der Waals surface area contributed by atoms with Gasteiger partial charge >= 0.3 is 0 Å². The third kappa shape index (κ3) is 3.85. The number of nitrogens with one attached hydrogen (secondary N) is 1. The molecule has 3 nitrogen and oxygen atoms in total. The molecular weight excluding hydrogens is 358 g/mol. The van der Waals surface area contributed by atoms with Crippen LogP contribution in [0.2, 0.25) is 0 Å². The first-order valence-electron chi connectivity index (χ1n) is 5.90. The van der Waals surface area contributed by atoms with Gasteiger partial charge in [0.25, 0.3) is 0 Å². The molecule has 0 amide bonds. The van der Waals surface area contributed by atoms with Crippen LogP contribution in [0.5, 0.6) is 0 Å². The van der Waals surface area contributed by atoms with Gasteiger partial charge in [-0.2, -0.15) is 0 Å². The third-order valence-electron chi connectivity index (χ3n) is 2.75. The van der Waals surface area contributed by atoms with Gasteiger partial charge in [0.15, 0.2) is 0 Å². The number of hydrogen-bond acceptors (Lipinski definition) is 3. The topological polar surface area (TPSA) is 46.2 Å². The summed E-state index contributed by atoms with van der Waals surface area (Å²) in [6.07, 6.45) is 2.00. The minimum absolute atomic E-state index is 0.251. The van der Waals surface area contributed by atoms with E-state index in [1.165, 1.54) is 0 Å². The Bertz CT molecular complexity index is 685. The van der Waals surface area contributed by atoms with Crippen molar-refractivity contribution in [3.05, 3.63) is 58.6 Å². The first-order chi connectivity index (χ1) is 9.53. The minimum atomic E-state index is -3.51. The average molecular weight is 372 g/mol. The number of benzene rings is 2. The van der Waals surface area contributed by atoms with Gasteiger partial charge in [-0.05, 0) is 52.0 Å². The van der Waals surface area contributed by atoms with Crippen molar-refractivity contribution in [1.29, 1.82) is 0 Å². The van der Waals surface area contributed by atoms with Crippen molar-refractivity contribution in [2.24, 2.45) is 0 Å². The van der Waals surface area contributed by atoms with Crippen LogP contribution in [-0.4, -0.2) is 14.7 Å². The van der Waals surface area contributed by atoms with Crippen LogP contribution in [0.1, 0.15) is 5.56 Å². The van der Waals surface area contributed by atoms with Gasteiger partial charge in [0.1, 0.15) is 0 Å². The Morgan fingerprint density at radius 3 is 2.35 bits per heavy atom. The van der Waals surface area contributed by atoms with Gasteiger partial charge < -0.3 is 0 Å². The summed E-state index contributed by atoms with van der Waals surface area (Å²) in [7, 11) is -3.51. The maximum absolute atomic E-state index is 12.2. The number of thioether (sulfide) groups is 1. The van der Waals surface area contributed by atoms with E-state index in [9.17, 15) is 8.42 Å². The number of hydrogen-bond donors (Lipinski definition) is 1. The summed E-state index contributed by atoms with van der Waals surface area (Å²) in [6, 6.07) is 14.6. The second kappa shape index (κ2) is 6.76. The lowest BCUT2D eigenvalue weighted by atomic mass is 10.2. The molecule has 0 bridgehead atoms. The zero-order valence-electron chi connectivity index (χ0n) is 10.8. The molecule has 0 saturated carbocycles. The van der Waals surface area contributed by atoms with Crippen LogP contribution in [-0.2, 0) is 16.6 Å². The molecule has 1 N–H and O–H groups in total. The van der Waals surface area contributed by atoms with Crippen LogP contribution in [0.3, 0.4) is 0 Å². The zero-order valence-corrected chi connectivity index (χ0v) is 14.1. The van der Waals surface area contributed by atoms with Crippen LogP contribution in [0.4, 0.5) is 0 Å². The lowest BCUT2D eigenvalue weighted by Gasteiger charge is -2.08. The molecule has 0 aliphatic rings. The van der Waals surface area contributed by atoms with Crippen molar-refractivity contribution < 1.29 is 8.42 Å². The zero-order chi connectivity index (χ0) is 14.6. The highest BCUT2D eigenvalue weighted by Crippen LogP contribution is 2.21. The molecule has 0 aromatic heterocycles. The normalized spacial score (nSPS) is 11.5. The van der Waals surface area contributed by atoms with Crippen molar-refractivity contribution in [3.63, 3.8) is 0 Å². The van der Waals surface area contributed by atoms with Crippen molar-refractivity contribution in [2.45, 2.75) is 16.3 Å². The van der Waals surface area contributed by atoms with Crippen LogP contribution in [0.25, 0.3) is 0 Å². The molecule has 20 heavy (non-hydrogen) atoms. The Kier molecular flexibility index (Phi) is 5.26. The molecule has 2 rings (SSSR count). The van der Waals surface area contributed by atoms with E-state index < -0.39 is 10.0 Å². The highest BCUT2D eigenvalue weighted by atomic mass is 79.9. The quantitative estimate of drug-likeness (QED) is 0.815. The molecule has 0 spiro atoms. The Morgan fingerprint density at radius 1 is 1.10 bits per heavy atom. The smallest absolute Gasteiger partial charge is 0.207 e. The highest BCUT2D eigenvalue weighted by Gasteiger charge is 2.16. The molecule has 0 aliphatic carbocycles. The lowest BCUT2D eigenvalue weighted by molar-refractivity contribution is 0.581. The maximum Gasteiger partial charge on any atom is 0.241 e. The summed E-state index contributed by atoms with van der Waals surface area (Å²) in [5.74, 6) is 0. The van der Waals surface area contributed by atoms with Gasteiger partial charge in [-0.3, -0.25) is 0 Å². The van der Waals surface area contributed by atoms with Crippen molar-refractivity contribution in [2.75, 3.05) is 6.26 Å². The van der Waals surface area contributed by atoms with Gasteiger partial charge in [-0.25, -0.2) is 13.1 Å². The fourth-order valence-corrected chi connectivity index (χ4v) is 4.09.